The van der Waals surface area contributed by atoms with Crippen LogP contribution in [0.25, 0.3) is 43.1 Å². The average molecular weight is 943 g/mol. The lowest BCUT2D eigenvalue weighted by Gasteiger charge is -2.39. The summed E-state index contributed by atoms with van der Waals surface area (Å²) in [5.74, 6) is -12.2. The van der Waals surface area contributed by atoms with E-state index in [-0.39, 0.29) is 88.0 Å². The van der Waals surface area contributed by atoms with E-state index in [1.165, 1.54) is 36.4 Å². The van der Waals surface area contributed by atoms with Crippen molar-refractivity contribution in [1.82, 2.24) is 0 Å². The Morgan fingerprint density at radius 3 is 1.17 bits per heavy atom. The number of benzene rings is 8. The molecule has 8 aromatic rings. The molecule has 0 heterocycles. The van der Waals surface area contributed by atoms with Gasteiger partial charge in [0.15, 0.2) is 0 Å². The first-order chi connectivity index (χ1) is 33.5. The number of aromatic carboxylic acids is 2. The number of unbranched alkanes of at least 4 members (excludes halogenated alkanes) is 4. The number of phenols is 8. The van der Waals surface area contributed by atoms with E-state index in [1.807, 2.05) is 13.8 Å². The third kappa shape index (κ3) is 6.61. The van der Waals surface area contributed by atoms with Gasteiger partial charge in [0.2, 0.25) is 11.6 Å². The second-order valence-corrected chi connectivity index (χ2v) is 18.4. The van der Waals surface area contributed by atoms with Crippen LogP contribution in [0.5, 0.6) is 46.0 Å². The summed E-state index contributed by atoms with van der Waals surface area (Å²) in [7, 11) is 0. The highest BCUT2D eigenvalue weighted by molar-refractivity contribution is 6.25. The maximum absolute atomic E-state index is 14.9. The highest BCUT2D eigenvalue weighted by Crippen LogP contribution is 2.59. The van der Waals surface area contributed by atoms with Gasteiger partial charge >= 0.3 is 11.9 Å². The van der Waals surface area contributed by atoms with Crippen LogP contribution in [0.4, 0.5) is 0 Å². The zero-order chi connectivity index (χ0) is 49.8. The standard InChI is InChI=1S/C56H46O14/c1-3-5-7-9-23-15-25-11-13-29-31(39(25)51(63)41(23)55(67)68)21-35-43(33-17-27(57)19-37(59)45(33)53(65)47(35)49(29)61)44-34-18-28(58)20-38(60)46(34)54(66)48-36(44)22-32-30(50(48)62)14-12-26-16-24(10-8-6-4-2)42(56(69)70)52(64)40(26)32/h11-22,43-44,57-64H,3-10H2,1-2H3,(H,67,68)(H,69,70)/t43-,44-/m1/s1. The largest absolute Gasteiger partial charge is 0.508 e. The molecular formula is C56H46O14. The molecule has 354 valence electrons. The van der Waals surface area contributed by atoms with Gasteiger partial charge in [-0.3, -0.25) is 9.59 Å². The Kier molecular flexibility index (Phi) is 10.7. The van der Waals surface area contributed by atoms with Crippen molar-refractivity contribution in [2.75, 3.05) is 0 Å². The Bertz CT molecular complexity index is 3440. The molecule has 0 spiro atoms. The highest BCUT2D eigenvalue weighted by Gasteiger charge is 2.47. The van der Waals surface area contributed by atoms with Gasteiger partial charge in [-0.2, -0.15) is 0 Å². The van der Waals surface area contributed by atoms with Crippen molar-refractivity contribution < 1.29 is 70.2 Å². The van der Waals surface area contributed by atoms with Gasteiger partial charge in [-0.1, -0.05) is 51.7 Å². The highest BCUT2D eigenvalue weighted by atomic mass is 16.4. The van der Waals surface area contributed by atoms with Crippen LogP contribution in [0, 0.1) is 0 Å². The van der Waals surface area contributed by atoms with Gasteiger partial charge in [0.05, 0.1) is 22.3 Å². The topological polar surface area (TPSA) is 271 Å². The van der Waals surface area contributed by atoms with Crippen molar-refractivity contribution in [2.45, 2.75) is 77.0 Å². The molecule has 0 amide bonds. The minimum absolute atomic E-state index is 0.0202. The lowest BCUT2D eigenvalue weighted by Crippen LogP contribution is -2.29. The van der Waals surface area contributed by atoms with E-state index in [9.17, 15) is 70.2 Å². The molecule has 0 saturated carbocycles. The summed E-state index contributed by atoms with van der Waals surface area (Å²) >= 11 is 0. The summed E-state index contributed by atoms with van der Waals surface area (Å²) in [5, 5.41) is 116. The zero-order valence-electron chi connectivity index (χ0n) is 37.8. The predicted octanol–water partition coefficient (Wildman–Crippen LogP) is 10.9. The zero-order valence-corrected chi connectivity index (χ0v) is 37.8. The summed E-state index contributed by atoms with van der Waals surface area (Å²) < 4.78 is 0. The number of aromatic hydroxyl groups is 8. The van der Waals surface area contributed by atoms with Crippen molar-refractivity contribution in [1.29, 1.82) is 0 Å². The number of ketones is 2. The Morgan fingerprint density at radius 2 is 0.814 bits per heavy atom. The lowest BCUT2D eigenvalue weighted by molar-refractivity contribution is 0.0681. The number of phenolic OH excluding ortho intramolecular Hbond substituents is 6. The first-order valence-electron chi connectivity index (χ1n) is 23.1. The Morgan fingerprint density at radius 1 is 0.443 bits per heavy atom. The number of hydrogen-bond donors (Lipinski definition) is 10. The van der Waals surface area contributed by atoms with Crippen molar-refractivity contribution in [3.63, 3.8) is 0 Å². The molecule has 0 aromatic heterocycles. The monoisotopic (exact) mass is 942 g/mol. The van der Waals surface area contributed by atoms with Crippen LogP contribution in [-0.2, 0) is 12.8 Å². The molecule has 2 atom stereocenters. The second kappa shape index (κ2) is 16.6. The van der Waals surface area contributed by atoms with Crippen LogP contribution >= 0.6 is 0 Å². The van der Waals surface area contributed by atoms with Crippen molar-refractivity contribution in [3.05, 3.63) is 140 Å². The van der Waals surface area contributed by atoms with Crippen molar-refractivity contribution in [3.8, 4) is 46.0 Å². The van der Waals surface area contributed by atoms with Crippen molar-refractivity contribution >= 4 is 66.6 Å². The van der Waals surface area contributed by atoms with Gasteiger partial charge in [-0.25, -0.2) is 9.59 Å². The molecule has 8 aromatic carbocycles. The fourth-order valence-corrected chi connectivity index (χ4v) is 11.4. The number of carboxylic acids is 2. The van der Waals surface area contributed by atoms with Crippen LogP contribution in [0.15, 0.2) is 72.8 Å². The Labute approximate surface area is 398 Å². The van der Waals surface area contributed by atoms with Gasteiger partial charge < -0.3 is 51.1 Å². The summed E-state index contributed by atoms with van der Waals surface area (Å²) in [6.07, 6.45) is 5.31. The minimum atomic E-state index is -1.41. The third-order valence-corrected chi connectivity index (χ3v) is 14.3. The predicted molar refractivity (Wildman–Crippen MR) is 260 cm³/mol. The second-order valence-electron chi connectivity index (χ2n) is 18.4. The molecule has 0 fully saturated rings. The van der Waals surface area contributed by atoms with Crippen LogP contribution < -0.4 is 0 Å². The van der Waals surface area contributed by atoms with E-state index < -0.39 is 81.3 Å². The van der Waals surface area contributed by atoms with E-state index in [1.54, 1.807) is 24.3 Å². The maximum atomic E-state index is 14.9. The number of carbonyl (C=O) groups is 4. The van der Waals surface area contributed by atoms with E-state index in [2.05, 4.69) is 0 Å². The summed E-state index contributed by atoms with van der Waals surface area (Å²) in [5.41, 5.74) is -1.52. The van der Waals surface area contributed by atoms with Gasteiger partial charge in [-0.15, -0.1) is 0 Å². The summed E-state index contributed by atoms with van der Waals surface area (Å²) in [4.78, 5) is 55.5. The van der Waals surface area contributed by atoms with Crippen LogP contribution in [0.1, 0.15) is 150 Å². The molecule has 10 N–H and O–H groups in total. The molecule has 2 aliphatic rings. The molecule has 2 aliphatic carbocycles. The summed E-state index contributed by atoms with van der Waals surface area (Å²) in [6.45, 7) is 4.00. The maximum Gasteiger partial charge on any atom is 0.339 e. The molecular weight excluding hydrogens is 897 g/mol. The van der Waals surface area contributed by atoms with Gasteiger partial charge in [0.1, 0.15) is 57.1 Å². The van der Waals surface area contributed by atoms with Gasteiger partial charge in [0, 0.05) is 45.5 Å². The Balaban J connectivity index is 1.35. The molecule has 10 rings (SSSR count). The quantitative estimate of drug-likeness (QED) is 0.0427. The smallest absolute Gasteiger partial charge is 0.339 e. The normalized spacial score (nSPS) is 15.1. The van der Waals surface area contributed by atoms with E-state index >= 15 is 0 Å². The average Bonchev–Trinajstić information content (AvgIpc) is 3.28. The summed E-state index contributed by atoms with van der Waals surface area (Å²) in [6, 6.07) is 16.7. The molecule has 0 unspecified atom stereocenters. The van der Waals surface area contributed by atoms with Crippen LogP contribution in [0.2, 0.25) is 0 Å². The van der Waals surface area contributed by atoms with E-state index in [4.69, 9.17) is 0 Å². The number of rotatable bonds is 11. The molecule has 0 bridgehead atoms. The first-order valence-corrected chi connectivity index (χ1v) is 23.1. The van der Waals surface area contributed by atoms with Crippen LogP contribution in [-0.4, -0.2) is 74.6 Å². The SMILES string of the molecule is CCCCCc1cc2ccc3c(O)c4c(cc3c2c(O)c1C(=O)O)[C@H]([C@@H]1c2cc(O)cc(O)c2C(=O)c2c1cc1c(ccc3cc(CCCCC)c(C(=O)O)c(O)c31)c2O)c1cc(O)cc(O)c1C4=O. The molecule has 0 aliphatic heterocycles. The molecule has 14 nitrogen and oxygen atoms in total. The number of hydrogen-bond acceptors (Lipinski definition) is 12. The fourth-order valence-electron chi connectivity index (χ4n) is 11.4. The third-order valence-electron chi connectivity index (χ3n) is 14.3. The molecule has 70 heavy (non-hydrogen) atoms. The fraction of sp³-hybridized carbons (Fsp3) is 0.214. The van der Waals surface area contributed by atoms with Crippen LogP contribution in [0.3, 0.4) is 0 Å². The first kappa shape index (κ1) is 45.3. The number of carboxylic acid groups (broad SMARTS) is 2. The van der Waals surface area contributed by atoms with Gasteiger partial charge in [-0.05, 0) is 129 Å². The number of aryl methyl sites for hydroxylation is 2. The van der Waals surface area contributed by atoms with E-state index in [0.29, 0.717) is 47.6 Å². The molecule has 14 heteroatoms. The number of fused-ring (bicyclic) bond motifs is 10. The van der Waals surface area contributed by atoms with Crippen molar-refractivity contribution in [2.24, 2.45) is 0 Å². The lowest BCUT2D eigenvalue weighted by atomic mass is 9.63. The van der Waals surface area contributed by atoms with Gasteiger partial charge in [0.25, 0.3) is 0 Å². The molecule has 0 radical (unpaired) electrons. The minimum Gasteiger partial charge on any atom is -0.508 e. The Hall–Kier alpha value is -8.52. The number of carbonyl (C=O) groups excluding carboxylic acids is 2. The molecule has 0 saturated heterocycles. The van der Waals surface area contributed by atoms with E-state index in [0.717, 1.165) is 37.8 Å².